The molecule has 1 aromatic rings. The zero-order valence-electron chi connectivity index (χ0n) is 9.40. The maximum atomic E-state index is 10.8. The van der Waals surface area contributed by atoms with Crippen LogP contribution in [-0.2, 0) is 0 Å². The molecule has 5 heteroatoms. The van der Waals surface area contributed by atoms with Gasteiger partial charge in [0.15, 0.2) is 0 Å². The Bertz CT molecular complexity index is 308. The summed E-state index contributed by atoms with van der Waals surface area (Å²) in [5, 5.41) is 8.85. The predicted octanol–water partition coefficient (Wildman–Crippen LogP) is -1.48. The van der Waals surface area contributed by atoms with Crippen LogP contribution in [0.1, 0.15) is 11.8 Å². The van der Waals surface area contributed by atoms with Crippen LogP contribution < -0.4 is 60.9 Å². The van der Waals surface area contributed by atoms with Crippen LogP contribution in [-0.4, -0.2) is 25.3 Å². The van der Waals surface area contributed by atoms with Gasteiger partial charge in [-0.1, -0.05) is 6.07 Å². The van der Waals surface area contributed by atoms with E-state index in [1.165, 1.54) is 14.2 Å². The fourth-order valence-corrected chi connectivity index (χ4v) is 1.06. The third-order valence-electron chi connectivity index (χ3n) is 1.64. The summed E-state index contributed by atoms with van der Waals surface area (Å²) < 4.78 is 9.78. The van der Waals surface area contributed by atoms with Gasteiger partial charge in [0.2, 0.25) is 0 Å². The van der Waals surface area contributed by atoms with E-state index >= 15 is 0 Å². The smallest absolute Gasteiger partial charge is 1.00 e. The van der Waals surface area contributed by atoms with E-state index in [2.05, 4.69) is 0 Å². The maximum absolute atomic E-state index is 10.8. The molecule has 72 valence electrons. The Labute approximate surface area is 126 Å². The van der Waals surface area contributed by atoms with Gasteiger partial charge in [-0.3, -0.25) is 0 Å². The topological polar surface area (TPSA) is 55.8 Å². The summed E-state index contributed by atoms with van der Waals surface area (Å²) in [7, 11) is 2.84. The van der Waals surface area contributed by atoms with Crippen LogP contribution in [0.5, 0.6) is 11.5 Å². The van der Waals surface area contributed by atoms with Crippen molar-refractivity contribution in [2.75, 3.05) is 14.2 Å². The van der Waals surface area contributed by atoms with Gasteiger partial charge in [-0.15, -0.1) is 0 Å². The normalized spacial score (nSPS) is 8.71. The molecule has 0 fully saturated rings. The van der Waals surface area contributed by atoms with Crippen LogP contribution in [0.25, 0.3) is 0 Å². The average molecular weight is 222 g/mol. The molecule has 14 heavy (non-hydrogen) atoms. The minimum Gasteiger partial charge on any atom is -1.00 e. The van der Waals surface area contributed by atoms with E-state index in [4.69, 9.17) is 14.6 Å². The third-order valence-corrected chi connectivity index (χ3v) is 1.64. The molecule has 0 aliphatic heterocycles. The minimum absolute atomic E-state index is 0. The first-order valence-corrected chi connectivity index (χ1v) is 3.65. The minimum atomic E-state index is -1.06. The van der Waals surface area contributed by atoms with Gasteiger partial charge in [-0.05, 0) is 12.1 Å². The number of carbonyl (C=O) groups is 1. The molecule has 0 aromatic heterocycles. The first-order chi connectivity index (χ1) is 6.20. The predicted molar refractivity (Wildman–Crippen MR) is 47.6 cm³/mol. The average Bonchev–Trinajstić information content (AvgIpc) is 2.16. The Balaban J connectivity index is 0. The van der Waals surface area contributed by atoms with Gasteiger partial charge < -0.3 is 16.0 Å². The molecule has 0 bridgehead atoms. The summed E-state index contributed by atoms with van der Waals surface area (Å²) in [5.41, 5.74) is 0.0486. The Morgan fingerprint density at radius 3 is 2.00 bits per heavy atom. The van der Waals surface area contributed by atoms with E-state index in [0.717, 1.165) is 0 Å². The molecule has 1 aromatic carbocycles. The number of rotatable bonds is 3. The van der Waals surface area contributed by atoms with Gasteiger partial charge >= 0.3 is 57.4 Å². The Hall–Kier alpha value is -0.0736. The molecular weight excluding hydrogens is 211 g/mol. The molecule has 0 saturated carbocycles. The van der Waals surface area contributed by atoms with Crippen molar-refractivity contribution >= 4 is 5.97 Å². The Morgan fingerprint density at radius 2 is 1.71 bits per heavy atom. The van der Waals surface area contributed by atoms with Crippen molar-refractivity contribution in [3.63, 3.8) is 0 Å². The number of carboxylic acids is 1. The number of methoxy groups -OCH3 is 2. The van der Waals surface area contributed by atoms with Crippen molar-refractivity contribution < 1.29 is 72.2 Å². The largest absolute Gasteiger partial charge is 1.00 e. The quantitative estimate of drug-likeness (QED) is 0.634. The van der Waals surface area contributed by atoms with Gasteiger partial charge in [0.25, 0.3) is 0 Å². The maximum Gasteiger partial charge on any atom is 1.00 e. The number of benzene rings is 1. The van der Waals surface area contributed by atoms with Crippen molar-refractivity contribution in [3.8, 4) is 11.5 Å². The molecule has 4 nitrogen and oxygen atoms in total. The molecule has 1 N–H and O–H groups in total. The SMILES string of the molecule is COc1cccc(OC)c1C(=O)O.[H-].[K+]. The summed E-state index contributed by atoms with van der Waals surface area (Å²) in [6, 6.07) is 4.82. The van der Waals surface area contributed by atoms with Gasteiger partial charge in [0.05, 0.1) is 14.2 Å². The van der Waals surface area contributed by atoms with Crippen LogP contribution in [0.4, 0.5) is 0 Å². The number of aromatic carboxylic acids is 1. The van der Waals surface area contributed by atoms with Gasteiger partial charge in [0.1, 0.15) is 17.1 Å². The van der Waals surface area contributed by atoms with E-state index in [1.807, 2.05) is 0 Å². The molecule has 0 radical (unpaired) electrons. The summed E-state index contributed by atoms with van der Waals surface area (Å²) in [5.74, 6) is -0.465. The monoisotopic (exact) mass is 222 g/mol. The molecular formula is C9H11KO4. The van der Waals surface area contributed by atoms with E-state index in [0.29, 0.717) is 11.5 Å². The number of hydrogen-bond donors (Lipinski definition) is 1. The second-order valence-electron chi connectivity index (χ2n) is 2.34. The number of hydrogen-bond acceptors (Lipinski definition) is 3. The second kappa shape index (κ2) is 6.42. The zero-order chi connectivity index (χ0) is 9.84. The van der Waals surface area contributed by atoms with Crippen molar-refractivity contribution in [3.05, 3.63) is 23.8 Å². The van der Waals surface area contributed by atoms with Crippen LogP contribution >= 0.6 is 0 Å². The van der Waals surface area contributed by atoms with Crippen LogP contribution in [0.3, 0.4) is 0 Å². The standard InChI is InChI=1S/C9H10O4.K.H/c1-12-6-4-3-5-7(13-2)8(6)9(10)11;;/h3-5H,1-2H3,(H,10,11);;/q;+1;-1. The van der Waals surface area contributed by atoms with Crippen LogP contribution in [0.15, 0.2) is 18.2 Å². The Kier molecular flexibility index (Phi) is 6.38. The van der Waals surface area contributed by atoms with Crippen molar-refractivity contribution in [2.24, 2.45) is 0 Å². The molecule has 0 atom stereocenters. The third kappa shape index (κ3) is 2.96. The molecule has 0 spiro atoms. The summed E-state index contributed by atoms with van der Waals surface area (Å²) in [6.45, 7) is 0. The molecule has 0 aliphatic carbocycles. The zero-order valence-corrected chi connectivity index (χ0v) is 11.5. The van der Waals surface area contributed by atoms with Crippen molar-refractivity contribution in [1.82, 2.24) is 0 Å². The molecule has 0 aliphatic rings. The molecule has 1 rings (SSSR count). The number of ether oxygens (including phenoxy) is 2. The van der Waals surface area contributed by atoms with E-state index in [-0.39, 0.29) is 58.4 Å². The van der Waals surface area contributed by atoms with E-state index < -0.39 is 5.97 Å². The van der Waals surface area contributed by atoms with Gasteiger partial charge in [-0.2, -0.15) is 0 Å². The summed E-state index contributed by atoms with van der Waals surface area (Å²) >= 11 is 0. The van der Waals surface area contributed by atoms with Gasteiger partial charge in [0, 0.05) is 0 Å². The van der Waals surface area contributed by atoms with Gasteiger partial charge in [-0.25, -0.2) is 4.79 Å². The summed E-state index contributed by atoms with van der Waals surface area (Å²) in [6.07, 6.45) is 0. The van der Waals surface area contributed by atoms with E-state index in [9.17, 15) is 4.79 Å². The fraction of sp³-hybridized carbons (Fsp3) is 0.222. The molecule has 0 saturated heterocycles. The fourth-order valence-electron chi connectivity index (χ4n) is 1.06. The Morgan fingerprint density at radius 1 is 1.29 bits per heavy atom. The molecule has 0 unspecified atom stereocenters. The van der Waals surface area contributed by atoms with Crippen molar-refractivity contribution in [1.29, 1.82) is 0 Å². The van der Waals surface area contributed by atoms with E-state index in [1.54, 1.807) is 18.2 Å². The van der Waals surface area contributed by atoms with Crippen molar-refractivity contribution in [2.45, 2.75) is 0 Å². The van der Waals surface area contributed by atoms with Crippen LogP contribution in [0, 0.1) is 0 Å². The molecule has 0 amide bonds. The number of carboxylic acid groups (broad SMARTS) is 1. The van der Waals surface area contributed by atoms with Crippen LogP contribution in [0.2, 0.25) is 0 Å². The summed E-state index contributed by atoms with van der Waals surface area (Å²) in [4.78, 5) is 10.8. The molecule has 0 heterocycles. The second-order valence-corrected chi connectivity index (χ2v) is 2.34. The first-order valence-electron chi connectivity index (χ1n) is 3.65. The first kappa shape index (κ1) is 13.9.